The molecule has 13 nitrogen and oxygen atoms in total. The third-order valence-corrected chi connectivity index (χ3v) is 10.6. The molecular formula is C36H46N4O9. The lowest BCUT2D eigenvalue weighted by Gasteiger charge is -2.29. The molecule has 6 N–H and O–H groups in total. The Bertz CT molecular complexity index is 1490. The molecule has 8 fully saturated rings. The Morgan fingerprint density at radius 1 is 0.408 bits per heavy atom. The van der Waals surface area contributed by atoms with E-state index in [1.165, 1.54) is 0 Å². The summed E-state index contributed by atoms with van der Waals surface area (Å²) in [6.07, 6.45) is 5.31. The van der Waals surface area contributed by atoms with Gasteiger partial charge in [0.05, 0.1) is 124 Å². The molecule has 8 aliphatic heterocycles. The van der Waals surface area contributed by atoms with E-state index < -0.39 is 0 Å². The highest BCUT2D eigenvalue weighted by Gasteiger charge is 2.40. The molecule has 0 bridgehead atoms. The SMILES string of the molecule is Nc1c(CC2CO2)c(Oc2c(CC3CO3)c(N)c(NCC3CO3)c(CC3CO3)c2CC2CO2)c(CC2CO2)c(CC2CO2)c1NCC1CO1. The molecule has 2 aromatic rings. The Labute approximate surface area is 285 Å². The van der Waals surface area contributed by atoms with Crippen molar-refractivity contribution in [2.24, 2.45) is 0 Å². The van der Waals surface area contributed by atoms with Crippen LogP contribution in [0.15, 0.2) is 0 Å². The summed E-state index contributed by atoms with van der Waals surface area (Å²) in [5, 5.41) is 7.36. The fourth-order valence-corrected chi connectivity index (χ4v) is 7.14. The molecule has 8 unspecified atom stereocenters. The number of rotatable bonds is 20. The maximum Gasteiger partial charge on any atom is 0.136 e. The van der Waals surface area contributed by atoms with Gasteiger partial charge in [0.25, 0.3) is 0 Å². The van der Waals surface area contributed by atoms with E-state index in [0.717, 1.165) is 109 Å². The zero-order valence-electron chi connectivity index (χ0n) is 27.8. The van der Waals surface area contributed by atoms with Gasteiger partial charge in [-0.25, -0.2) is 0 Å². The topological polar surface area (TPSA) is 186 Å². The number of hydrogen-bond acceptors (Lipinski definition) is 13. The number of nitrogens with one attached hydrogen (secondary N) is 2. The molecule has 8 aliphatic rings. The van der Waals surface area contributed by atoms with Gasteiger partial charge >= 0.3 is 0 Å². The first kappa shape index (κ1) is 30.9. The average Bonchev–Trinajstić information content (AvgIpc) is 3.91. The Kier molecular flexibility index (Phi) is 7.83. The summed E-state index contributed by atoms with van der Waals surface area (Å²) >= 11 is 0. The third-order valence-electron chi connectivity index (χ3n) is 10.6. The van der Waals surface area contributed by atoms with Gasteiger partial charge in [0, 0.05) is 73.9 Å². The monoisotopic (exact) mass is 678 g/mol. The van der Waals surface area contributed by atoms with Gasteiger partial charge < -0.3 is 64.7 Å². The van der Waals surface area contributed by atoms with E-state index in [9.17, 15) is 0 Å². The van der Waals surface area contributed by atoms with Crippen molar-refractivity contribution in [1.29, 1.82) is 0 Å². The van der Waals surface area contributed by atoms with Gasteiger partial charge in [0.2, 0.25) is 0 Å². The summed E-state index contributed by atoms with van der Waals surface area (Å²) in [5.41, 5.74) is 24.1. The van der Waals surface area contributed by atoms with Crippen molar-refractivity contribution < 1.29 is 42.6 Å². The molecular weight excluding hydrogens is 632 g/mol. The largest absolute Gasteiger partial charge is 0.456 e. The predicted octanol–water partition coefficient (Wildman–Crippen LogP) is 1.91. The zero-order valence-corrected chi connectivity index (χ0v) is 27.8. The summed E-state index contributed by atoms with van der Waals surface area (Å²) in [5.74, 6) is 1.59. The number of epoxide rings is 8. The lowest BCUT2D eigenvalue weighted by molar-refractivity contribution is 0.384. The molecule has 10 rings (SSSR count). The summed E-state index contributed by atoms with van der Waals surface area (Å²) in [6, 6.07) is 0. The molecule has 0 saturated carbocycles. The Morgan fingerprint density at radius 2 is 0.673 bits per heavy atom. The summed E-state index contributed by atoms with van der Waals surface area (Å²) in [4.78, 5) is 0. The fourth-order valence-electron chi connectivity index (χ4n) is 7.14. The quantitative estimate of drug-likeness (QED) is 0.118. The molecule has 0 amide bonds. The van der Waals surface area contributed by atoms with Crippen molar-refractivity contribution in [3.8, 4) is 11.5 Å². The highest BCUT2D eigenvalue weighted by molar-refractivity contribution is 5.83. The third kappa shape index (κ3) is 7.31. The van der Waals surface area contributed by atoms with Gasteiger partial charge in [0.15, 0.2) is 0 Å². The second kappa shape index (κ2) is 12.4. The molecule has 8 atom stereocenters. The van der Waals surface area contributed by atoms with Crippen LogP contribution in [0, 0.1) is 0 Å². The molecule has 49 heavy (non-hydrogen) atoms. The standard InChI is InChI=1S/C36H46N4O9/c37-31-29(5-21-13-45-21)35(27(3-19-11-43-19)25(1-17-9-41-17)33(31)39-7-23-15-47-23)49-36-28(4-20-12-44-20)26(2-18-10-42-18)34(40-8-24-16-48-24)32(38)30(36)6-22-14-46-22/h17-24,39-40H,1-16,37-38H2. The minimum absolute atomic E-state index is 0.0921. The molecule has 264 valence electrons. The summed E-state index contributed by atoms with van der Waals surface area (Å²) in [6.45, 7) is 7.23. The van der Waals surface area contributed by atoms with Crippen molar-refractivity contribution in [2.45, 2.75) is 87.4 Å². The Hall–Kier alpha value is -2.88. The van der Waals surface area contributed by atoms with E-state index in [2.05, 4.69) is 10.6 Å². The second-order valence-corrected chi connectivity index (χ2v) is 14.8. The van der Waals surface area contributed by atoms with Gasteiger partial charge in [-0.05, 0) is 11.1 Å². The number of hydrogen-bond donors (Lipinski definition) is 4. The minimum atomic E-state index is 0.0921. The van der Waals surface area contributed by atoms with Crippen LogP contribution in [0.2, 0.25) is 0 Å². The number of benzene rings is 2. The van der Waals surface area contributed by atoms with Crippen molar-refractivity contribution in [3.05, 3.63) is 33.4 Å². The molecule has 0 aromatic heterocycles. The normalized spacial score (nSPS) is 32.4. The van der Waals surface area contributed by atoms with E-state index in [0.29, 0.717) is 63.4 Å². The molecule has 0 spiro atoms. The van der Waals surface area contributed by atoms with E-state index in [4.69, 9.17) is 54.1 Å². The lowest BCUT2D eigenvalue weighted by atomic mass is 9.88. The molecule has 13 heteroatoms. The maximum atomic E-state index is 7.48. The van der Waals surface area contributed by atoms with E-state index >= 15 is 0 Å². The molecule has 8 heterocycles. The first-order valence-electron chi connectivity index (χ1n) is 18.0. The van der Waals surface area contributed by atoms with E-state index in [1.807, 2.05) is 0 Å². The highest BCUT2D eigenvalue weighted by atomic mass is 16.6. The van der Waals surface area contributed by atoms with E-state index in [1.54, 1.807) is 0 Å². The van der Waals surface area contributed by atoms with Crippen molar-refractivity contribution in [2.75, 3.05) is 88.0 Å². The first-order chi connectivity index (χ1) is 24.0. The van der Waals surface area contributed by atoms with Crippen LogP contribution in [-0.2, 0) is 76.4 Å². The number of nitrogens with two attached hydrogens (primary N) is 2. The summed E-state index contributed by atoms with van der Waals surface area (Å²) < 4.78 is 53.5. The first-order valence-corrected chi connectivity index (χ1v) is 18.0. The van der Waals surface area contributed by atoms with Gasteiger partial charge in [-0.15, -0.1) is 0 Å². The minimum Gasteiger partial charge on any atom is -0.456 e. The fraction of sp³-hybridized carbons (Fsp3) is 0.667. The van der Waals surface area contributed by atoms with Crippen LogP contribution < -0.4 is 26.8 Å². The molecule has 8 saturated heterocycles. The van der Waals surface area contributed by atoms with Crippen LogP contribution in [0.4, 0.5) is 22.7 Å². The van der Waals surface area contributed by atoms with Gasteiger partial charge in [-0.2, -0.15) is 0 Å². The van der Waals surface area contributed by atoms with Crippen LogP contribution >= 0.6 is 0 Å². The number of nitrogen functional groups attached to an aromatic ring is 2. The van der Waals surface area contributed by atoms with Gasteiger partial charge in [-0.3, -0.25) is 0 Å². The Morgan fingerprint density at radius 3 is 0.959 bits per heavy atom. The van der Waals surface area contributed by atoms with Crippen LogP contribution in [0.25, 0.3) is 0 Å². The van der Waals surface area contributed by atoms with E-state index in [-0.39, 0.29) is 48.8 Å². The lowest BCUT2D eigenvalue weighted by Crippen LogP contribution is -2.20. The second-order valence-electron chi connectivity index (χ2n) is 14.8. The number of anilines is 4. The highest BCUT2D eigenvalue weighted by Crippen LogP contribution is 2.50. The van der Waals surface area contributed by atoms with Crippen LogP contribution in [-0.4, -0.2) is 115 Å². The summed E-state index contributed by atoms with van der Waals surface area (Å²) in [7, 11) is 0. The van der Waals surface area contributed by atoms with Crippen molar-refractivity contribution in [1.82, 2.24) is 0 Å². The molecule has 0 radical (unpaired) electrons. The van der Waals surface area contributed by atoms with Gasteiger partial charge in [-0.1, -0.05) is 0 Å². The average molecular weight is 679 g/mol. The number of ether oxygens (including phenoxy) is 9. The van der Waals surface area contributed by atoms with Crippen LogP contribution in [0.5, 0.6) is 11.5 Å². The van der Waals surface area contributed by atoms with Crippen LogP contribution in [0.1, 0.15) is 33.4 Å². The zero-order chi connectivity index (χ0) is 32.6. The Balaban J connectivity index is 1.15. The molecule has 2 aromatic carbocycles. The predicted molar refractivity (Wildman–Crippen MR) is 179 cm³/mol. The maximum absolute atomic E-state index is 7.48. The molecule has 0 aliphatic carbocycles. The van der Waals surface area contributed by atoms with Crippen molar-refractivity contribution in [3.63, 3.8) is 0 Å². The van der Waals surface area contributed by atoms with Crippen LogP contribution in [0.3, 0.4) is 0 Å². The smallest absolute Gasteiger partial charge is 0.136 e. The van der Waals surface area contributed by atoms with Gasteiger partial charge in [0.1, 0.15) is 11.5 Å². The van der Waals surface area contributed by atoms with Crippen molar-refractivity contribution >= 4 is 22.7 Å².